The standard InChI is InChI=1S/C40H32N2O/c1-40(2)36-24-26(31-13-9-14-35-34-12-7-8-15-38(34)41-39(31)35)16-22-32(36)33-23-19-29(25-37(33)40)42(27-10-5-4-6-11-27)28-17-20-30(43-3)21-18-28/h4-25,41H,1-3H3. The Morgan fingerprint density at radius 2 is 1.21 bits per heavy atom. The lowest BCUT2D eigenvalue weighted by Gasteiger charge is -2.28. The average Bonchev–Trinajstić information content (AvgIpc) is 3.54. The van der Waals surface area contributed by atoms with Crippen LogP contribution in [0.4, 0.5) is 17.1 Å². The summed E-state index contributed by atoms with van der Waals surface area (Å²) >= 11 is 0. The van der Waals surface area contributed by atoms with Crippen molar-refractivity contribution in [2.45, 2.75) is 19.3 Å². The summed E-state index contributed by atoms with van der Waals surface area (Å²) in [6.07, 6.45) is 0. The second kappa shape index (κ2) is 9.64. The Hall–Kier alpha value is -5.28. The van der Waals surface area contributed by atoms with Gasteiger partial charge in [-0.05, 0) is 88.5 Å². The number of aromatic amines is 1. The molecule has 208 valence electrons. The predicted molar refractivity (Wildman–Crippen MR) is 180 cm³/mol. The summed E-state index contributed by atoms with van der Waals surface area (Å²) < 4.78 is 5.44. The molecule has 0 amide bonds. The first-order valence-electron chi connectivity index (χ1n) is 14.8. The Labute approximate surface area is 252 Å². The van der Waals surface area contributed by atoms with E-state index in [1.54, 1.807) is 7.11 Å². The van der Waals surface area contributed by atoms with Crippen LogP contribution in [0.25, 0.3) is 44.1 Å². The van der Waals surface area contributed by atoms with E-state index in [9.17, 15) is 0 Å². The van der Waals surface area contributed by atoms with Crippen LogP contribution >= 0.6 is 0 Å². The van der Waals surface area contributed by atoms with E-state index in [1.165, 1.54) is 55.2 Å². The number of rotatable bonds is 5. The summed E-state index contributed by atoms with van der Waals surface area (Å²) in [6, 6.07) is 48.0. The Kier molecular flexibility index (Phi) is 5.70. The molecular weight excluding hydrogens is 524 g/mol. The molecule has 0 aliphatic heterocycles. The monoisotopic (exact) mass is 556 g/mol. The van der Waals surface area contributed by atoms with Gasteiger partial charge in [0.15, 0.2) is 0 Å². The van der Waals surface area contributed by atoms with E-state index in [-0.39, 0.29) is 5.41 Å². The Bertz CT molecular complexity index is 2140. The Morgan fingerprint density at radius 3 is 2.00 bits per heavy atom. The quantitative estimate of drug-likeness (QED) is 0.228. The fraction of sp³-hybridized carbons (Fsp3) is 0.100. The van der Waals surface area contributed by atoms with Crippen molar-refractivity contribution < 1.29 is 4.74 Å². The third-order valence-corrected chi connectivity index (χ3v) is 9.12. The van der Waals surface area contributed by atoms with Gasteiger partial charge >= 0.3 is 0 Å². The highest BCUT2D eigenvalue weighted by molar-refractivity contribution is 6.12. The van der Waals surface area contributed by atoms with Gasteiger partial charge in [0.2, 0.25) is 0 Å². The van der Waals surface area contributed by atoms with E-state index in [1.807, 2.05) is 12.1 Å². The zero-order valence-corrected chi connectivity index (χ0v) is 24.6. The molecule has 0 saturated heterocycles. The van der Waals surface area contributed by atoms with Crippen LogP contribution in [0.15, 0.2) is 133 Å². The number of benzene rings is 6. The highest BCUT2D eigenvalue weighted by atomic mass is 16.5. The van der Waals surface area contributed by atoms with E-state index in [2.05, 4.69) is 145 Å². The number of H-pyrrole nitrogens is 1. The number of fused-ring (bicyclic) bond motifs is 6. The maximum absolute atomic E-state index is 5.44. The third kappa shape index (κ3) is 3.96. The van der Waals surface area contributed by atoms with Crippen molar-refractivity contribution in [3.8, 4) is 28.0 Å². The smallest absolute Gasteiger partial charge is 0.119 e. The highest BCUT2D eigenvalue weighted by Gasteiger charge is 2.36. The summed E-state index contributed by atoms with van der Waals surface area (Å²) in [5.41, 5.74) is 13.4. The lowest BCUT2D eigenvalue weighted by atomic mass is 9.81. The lowest BCUT2D eigenvalue weighted by Crippen LogP contribution is -2.16. The maximum Gasteiger partial charge on any atom is 0.119 e. The van der Waals surface area contributed by atoms with Crippen LogP contribution in [-0.2, 0) is 5.41 Å². The summed E-state index contributed by atoms with van der Waals surface area (Å²) in [4.78, 5) is 6.02. The minimum absolute atomic E-state index is 0.159. The molecule has 0 fully saturated rings. The van der Waals surface area contributed by atoms with Gasteiger partial charge in [-0.15, -0.1) is 0 Å². The first-order chi connectivity index (χ1) is 21.0. The molecule has 8 rings (SSSR count). The van der Waals surface area contributed by atoms with Crippen molar-refractivity contribution in [3.63, 3.8) is 0 Å². The number of hydrogen-bond donors (Lipinski definition) is 1. The molecule has 1 N–H and O–H groups in total. The zero-order chi connectivity index (χ0) is 29.1. The highest BCUT2D eigenvalue weighted by Crippen LogP contribution is 2.52. The summed E-state index contributed by atoms with van der Waals surface area (Å²) in [5.74, 6) is 0.848. The van der Waals surface area contributed by atoms with Crippen LogP contribution in [0.3, 0.4) is 0 Å². The molecule has 0 radical (unpaired) electrons. The summed E-state index contributed by atoms with van der Waals surface area (Å²) in [5, 5.41) is 2.53. The maximum atomic E-state index is 5.44. The fourth-order valence-electron chi connectivity index (χ4n) is 6.90. The molecule has 1 aliphatic carbocycles. The van der Waals surface area contributed by atoms with E-state index in [0.29, 0.717) is 0 Å². The molecule has 0 bridgehead atoms. The van der Waals surface area contributed by atoms with E-state index < -0.39 is 0 Å². The van der Waals surface area contributed by atoms with E-state index >= 15 is 0 Å². The Balaban J connectivity index is 1.24. The topological polar surface area (TPSA) is 28.3 Å². The molecule has 1 aromatic heterocycles. The molecule has 0 spiro atoms. The number of methoxy groups -OCH3 is 1. The van der Waals surface area contributed by atoms with Crippen molar-refractivity contribution in [2.75, 3.05) is 12.0 Å². The van der Waals surface area contributed by atoms with Crippen LogP contribution < -0.4 is 9.64 Å². The Morgan fingerprint density at radius 1 is 0.558 bits per heavy atom. The first-order valence-corrected chi connectivity index (χ1v) is 14.8. The second-order valence-corrected chi connectivity index (χ2v) is 11.9. The predicted octanol–water partition coefficient (Wildman–Crippen LogP) is 10.8. The van der Waals surface area contributed by atoms with Gasteiger partial charge in [0.1, 0.15) is 5.75 Å². The van der Waals surface area contributed by atoms with Gasteiger partial charge in [-0.25, -0.2) is 0 Å². The van der Waals surface area contributed by atoms with Gasteiger partial charge in [-0.1, -0.05) is 86.6 Å². The molecule has 0 saturated carbocycles. The molecule has 0 unspecified atom stereocenters. The van der Waals surface area contributed by atoms with Crippen LogP contribution in [-0.4, -0.2) is 12.1 Å². The molecule has 1 heterocycles. The van der Waals surface area contributed by atoms with Gasteiger partial charge in [-0.3, -0.25) is 0 Å². The molecule has 0 atom stereocenters. The van der Waals surface area contributed by atoms with Gasteiger partial charge in [0, 0.05) is 44.3 Å². The van der Waals surface area contributed by atoms with Gasteiger partial charge in [-0.2, -0.15) is 0 Å². The number of anilines is 3. The average molecular weight is 557 g/mol. The van der Waals surface area contributed by atoms with Crippen molar-refractivity contribution in [3.05, 3.63) is 145 Å². The van der Waals surface area contributed by atoms with Crippen LogP contribution in [0.2, 0.25) is 0 Å². The van der Waals surface area contributed by atoms with Crippen molar-refractivity contribution >= 4 is 38.9 Å². The van der Waals surface area contributed by atoms with E-state index in [0.717, 1.165) is 22.8 Å². The normalized spacial score (nSPS) is 13.2. The number of nitrogens with one attached hydrogen (secondary N) is 1. The fourth-order valence-corrected chi connectivity index (χ4v) is 6.90. The van der Waals surface area contributed by atoms with Crippen molar-refractivity contribution in [2.24, 2.45) is 0 Å². The number of hydrogen-bond acceptors (Lipinski definition) is 2. The van der Waals surface area contributed by atoms with Crippen molar-refractivity contribution in [1.29, 1.82) is 0 Å². The van der Waals surface area contributed by atoms with Crippen LogP contribution in [0, 0.1) is 0 Å². The number of ether oxygens (including phenoxy) is 1. The number of para-hydroxylation sites is 3. The summed E-state index contributed by atoms with van der Waals surface area (Å²) in [7, 11) is 1.70. The molecule has 3 nitrogen and oxygen atoms in total. The minimum Gasteiger partial charge on any atom is -0.497 e. The molecule has 1 aliphatic rings. The van der Waals surface area contributed by atoms with Gasteiger partial charge in [0.25, 0.3) is 0 Å². The first kappa shape index (κ1) is 25.4. The molecule has 43 heavy (non-hydrogen) atoms. The largest absolute Gasteiger partial charge is 0.497 e. The third-order valence-electron chi connectivity index (χ3n) is 9.12. The minimum atomic E-state index is -0.159. The van der Waals surface area contributed by atoms with Crippen LogP contribution in [0.5, 0.6) is 5.75 Å². The molecule has 6 aromatic carbocycles. The SMILES string of the molecule is COc1ccc(N(c2ccccc2)c2ccc3c(c2)C(C)(C)c2cc(-c4cccc5c4[nH]c4ccccc45)ccc2-3)cc1. The van der Waals surface area contributed by atoms with Crippen molar-refractivity contribution in [1.82, 2.24) is 4.98 Å². The second-order valence-electron chi connectivity index (χ2n) is 11.9. The zero-order valence-electron chi connectivity index (χ0n) is 24.6. The molecule has 7 aromatic rings. The molecule has 3 heteroatoms. The number of nitrogens with zero attached hydrogens (tertiary/aromatic N) is 1. The van der Waals surface area contributed by atoms with Gasteiger partial charge < -0.3 is 14.6 Å². The molecular formula is C40H32N2O. The lowest BCUT2D eigenvalue weighted by molar-refractivity contribution is 0.415. The van der Waals surface area contributed by atoms with Crippen LogP contribution in [0.1, 0.15) is 25.0 Å². The summed E-state index contributed by atoms with van der Waals surface area (Å²) in [6.45, 7) is 4.71. The van der Waals surface area contributed by atoms with E-state index in [4.69, 9.17) is 4.74 Å². The van der Waals surface area contributed by atoms with Gasteiger partial charge in [0.05, 0.1) is 12.6 Å². The number of aromatic nitrogens is 1.